The Labute approximate surface area is 215 Å². The molecule has 6 heteroatoms. The van der Waals surface area contributed by atoms with Crippen molar-refractivity contribution in [2.75, 3.05) is 14.1 Å². The number of esters is 1. The lowest BCUT2D eigenvalue weighted by Crippen LogP contribution is -2.35. The lowest BCUT2D eigenvalue weighted by atomic mass is 9.70. The van der Waals surface area contributed by atoms with Gasteiger partial charge in [0, 0.05) is 38.3 Å². The van der Waals surface area contributed by atoms with Crippen molar-refractivity contribution in [3.8, 4) is 0 Å². The fraction of sp³-hybridized carbons (Fsp3) is 0.700. The minimum Gasteiger partial charge on any atom is -0.462 e. The maximum atomic E-state index is 13.6. The van der Waals surface area contributed by atoms with Crippen molar-refractivity contribution in [2.45, 2.75) is 77.4 Å². The SMILES string of the molecule is C/C=C/C(CC(=O)N(C)C)C1CCC[C@H](O)[C@@H](C)C(=O)C2=CC3C(C=CC4CCCC43)C2CC(=O)O1. The maximum absolute atomic E-state index is 13.6. The molecule has 9 atom stereocenters. The van der Waals surface area contributed by atoms with Gasteiger partial charge in [-0.25, -0.2) is 0 Å². The molecule has 1 amide bonds. The lowest BCUT2D eigenvalue weighted by Gasteiger charge is -2.34. The first-order valence-electron chi connectivity index (χ1n) is 13.9. The van der Waals surface area contributed by atoms with Gasteiger partial charge in [0.15, 0.2) is 5.78 Å². The Hall–Kier alpha value is -2.21. The molecule has 0 radical (unpaired) electrons. The maximum Gasteiger partial charge on any atom is 0.306 e. The number of hydrogen-bond donors (Lipinski definition) is 1. The molecule has 1 heterocycles. The van der Waals surface area contributed by atoms with Gasteiger partial charge in [-0.2, -0.15) is 0 Å². The molecule has 0 aromatic rings. The standard InChI is InChI=1S/C30H43NO5/c1-5-8-20(15-28(33)31(3)4)27-12-7-11-26(32)18(2)30(35)25-16-23-21-10-6-9-19(21)13-14-22(23)24(25)17-29(34)36-27/h5,8,13-14,16,18-24,26-27,32H,6-7,9-12,15,17H2,1-4H3/b8-5+/t18-,19?,20?,21?,22?,23?,24?,26+,27?/m1/s1. The summed E-state index contributed by atoms with van der Waals surface area (Å²) in [6.45, 7) is 3.73. The highest BCUT2D eigenvalue weighted by Gasteiger charge is 2.48. The van der Waals surface area contributed by atoms with Gasteiger partial charge in [0.05, 0.1) is 12.5 Å². The molecule has 6 nitrogen and oxygen atoms in total. The average Bonchev–Trinajstić information content (AvgIpc) is 3.46. The zero-order valence-electron chi connectivity index (χ0n) is 22.3. The van der Waals surface area contributed by atoms with Crippen molar-refractivity contribution in [3.05, 3.63) is 36.0 Å². The van der Waals surface area contributed by atoms with E-state index in [9.17, 15) is 19.5 Å². The fourth-order valence-electron chi connectivity index (χ4n) is 7.03. The van der Waals surface area contributed by atoms with Gasteiger partial charge in [0.25, 0.3) is 0 Å². The van der Waals surface area contributed by atoms with Gasteiger partial charge in [-0.15, -0.1) is 0 Å². The minimum absolute atomic E-state index is 0.0122. The van der Waals surface area contributed by atoms with Gasteiger partial charge in [0.1, 0.15) is 6.10 Å². The summed E-state index contributed by atoms with van der Waals surface area (Å²) in [5.74, 6) is 0.226. The third-order valence-corrected chi connectivity index (χ3v) is 9.14. The summed E-state index contributed by atoms with van der Waals surface area (Å²) in [4.78, 5) is 41.0. The summed E-state index contributed by atoms with van der Waals surface area (Å²) in [5, 5.41) is 10.9. The number of aliphatic hydroxyl groups is 1. The number of fused-ring (bicyclic) bond motifs is 5. The molecule has 36 heavy (non-hydrogen) atoms. The van der Waals surface area contributed by atoms with E-state index in [1.165, 1.54) is 12.8 Å². The summed E-state index contributed by atoms with van der Waals surface area (Å²) in [7, 11) is 3.46. The minimum atomic E-state index is -0.740. The zero-order chi connectivity index (χ0) is 26.0. The number of aliphatic hydroxyl groups excluding tert-OH is 1. The van der Waals surface area contributed by atoms with Crippen molar-refractivity contribution >= 4 is 17.7 Å². The number of rotatable bonds is 4. The van der Waals surface area contributed by atoms with Crippen LogP contribution in [0.3, 0.4) is 0 Å². The lowest BCUT2D eigenvalue weighted by molar-refractivity contribution is -0.154. The van der Waals surface area contributed by atoms with Crippen LogP contribution in [0.4, 0.5) is 0 Å². The van der Waals surface area contributed by atoms with Gasteiger partial charge < -0.3 is 14.7 Å². The Kier molecular flexibility index (Phi) is 8.54. The van der Waals surface area contributed by atoms with Crippen LogP contribution < -0.4 is 0 Å². The van der Waals surface area contributed by atoms with Crippen molar-refractivity contribution in [2.24, 2.45) is 41.4 Å². The monoisotopic (exact) mass is 497 g/mol. The van der Waals surface area contributed by atoms with Gasteiger partial charge in [-0.1, -0.05) is 43.7 Å². The van der Waals surface area contributed by atoms with Crippen LogP contribution in [0.2, 0.25) is 0 Å². The van der Waals surface area contributed by atoms with Crippen LogP contribution in [-0.4, -0.2) is 54.0 Å². The molecule has 0 aromatic carbocycles. The molecule has 0 bridgehead atoms. The predicted molar refractivity (Wildman–Crippen MR) is 139 cm³/mol. The van der Waals surface area contributed by atoms with E-state index in [2.05, 4.69) is 18.2 Å². The second-order valence-corrected chi connectivity index (χ2v) is 11.6. The van der Waals surface area contributed by atoms with E-state index in [-0.39, 0.29) is 54.2 Å². The Bertz CT molecular complexity index is 934. The third kappa shape index (κ3) is 5.53. The summed E-state index contributed by atoms with van der Waals surface area (Å²) in [6.07, 6.45) is 15.0. The van der Waals surface area contributed by atoms with Gasteiger partial charge in [0.2, 0.25) is 5.91 Å². The molecular formula is C30H43NO5. The number of cyclic esters (lactones) is 1. The average molecular weight is 498 g/mol. The number of carbonyl (C=O) groups is 3. The molecule has 1 aliphatic heterocycles. The quantitative estimate of drug-likeness (QED) is 0.457. The Balaban J connectivity index is 1.62. The normalized spacial score (nSPS) is 37.8. The van der Waals surface area contributed by atoms with E-state index >= 15 is 0 Å². The molecular weight excluding hydrogens is 454 g/mol. The number of amides is 1. The van der Waals surface area contributed by atoms with E-state index in [1.54, 1.807) is 19.0 Å². The molecule has 1 saturated carbocycles. The highest BCUT2D eigenvalue weighted by molar-refractivity contribution is 5.99. The molecule has 1 saturated heterocycles. The van der Waals surface area contributed by atoms with Gasteiger partial charge in [-0.05, 0) is 68.3 Å². The highest BCUT2D eigenvalue weighted by atomic mass is 16.5. The molecule has 2 fully saturated rings. The summed E-state index contributed by atoms with van der Waals surface area (Å²) >= 11 is 0. The van der Waals surface area contributed by atoms with Crippen molar-refractivity contribution in [3.63, 3.8) is 0 Å². The van der Waals surface area contributed by atoms with Crippen molar-refractivity contribution in [1.29, 1.82) is 0 Å². The van der Waals surface area contributed by atoms with Crippen molar-refractivity contribution < 1.29 is 24.2 Å². The van der Waals surface area contributed by atoms with E-state index in [0.29, 0.717) is 31.1 Å². The number of carbonyl (C=O) groups excluding carboxylic acids is 3. The second kappa shape index (κ2) is 11.5. The molecule has 198 valence electrons. The fourth-order valence-corrected chi connectivity index (χ4v) is 7.03. The Morgan fingerprint density at radius 2 is 1.89 bits per heavy atom. The summed E-state index contributed by atoms with van der Waals surface area (Å²) in [6, 6.07) is 0. The van der Waals surface area contributed by atoms with Crippen molar-refractivity contribution in [1.82, 2.24) is 4.90 Å². The summed E-state index contributed by atoms with van der Waals surface area (Å²) in [5.41, 5.74) is 0.718. The molecule has 4 aliphatic rings. The first-order valence-corrected chi connectivity index (χ1v) is 13.9. The topological polar surface area (TPSA) is 83.9 Å². The van der Waals surface area contributed by atoms with Gasteiger partial charge in [-0.3, -0.25) is 14.4 Å². The molecule has 1 N–H and O–H groups in total. The van der Waals surface area contributed by atoms with Crippen LogP contribution in [0.5, 0.6) is 0 Å². The van der Waals surface area contributed by atoms with Crippen LogP contribution in [-0.2, 0) is 19.1 Å². The Morgan fingerprint density at radius 3 is 2.61 bits per heavy atom. The third-order valence-electron chi connectivity index (χ3n) is 9.14. The van der Waals surface area contributed by atoms with E-state index < -0.39 is 18.1 Å². The first kappa shape index (κ1) is 26.8. The smallest absolute Gasteiger partial charge is 0.306 e. The van der Waals surface area contributed by atoms with E-state index in [4.69, 9.17) is 4.74 Å². The molecule has 4 rings (SSSR count). The largest absolute Gasteiger partial charge is 0.462 e. The number of allylic oxidation sites excluding steroid dienone is 5. The number of nitrogens with zero attached hydrogens (tertiary/aromatic N) is 1. The van der Waals surface area contributed by atoms with Crippen LogP contribution in [0.25, 0.3) is 0 Å². The predicted octanol–water partition coefficient (Wildman–Crippen LogP) is 4.48. The molecule has 3 aliphatic carbocycles. The number of ketones is 1. The van der Waals surface area contributed by atoms with E-state index in [1.807, 2.05) is 26.0 Å². The first-order chi connectivity index (χ1) is 17.2. The number of Topliss-reactive ketones (excluding diaryl/α,β-unsaturated/α-hetero) is 1. The zero-order valence-corrected chi connectivity index (χ0v) is 22.3. The molecule has 7 unspecified atom stereocenters. The second-order valence-electron chi connectivity index (χ2n) is 11.6. The Morgan fingerprint density at radius 1 is 1.14 bits per heavy atom. The van der Waals surface area contributed by atoms with Crippen LogP contribution in [0.15, 0.2) is 36.0 Å². The van der Waals surface area contributed by atoms with Crippen LogP contribution >= 0.6 is 0 Å². The number of ether oxygens (including phenoxy) is 1. The van der Waals surface area contributed by atoms with E-state index in [0.717, 1.165) is 12.0 Å². The van der Waals surface area contributed by atoms with Crippen LogP contribution in [0.1, 0.15) is 65.2 Å². The summed E-state index contributed by atoms with van der Waals surface area (Å²) < 4.78 is 6.09. The van der Waals surface area contributed by atoms with Gasteiger partial charge >= 0.3 is 5.97 Å². The molecule has 0 aromatic heterocycles. The highest BCUT2D eigenvalue weighted by Crippen LogP contribution is 2.53. The molecule has 0 spiro atoms. The number of hydrogen-bond acceptors (Lipinski definition) is 5. The van der Waals surface area contributed by atoms with Crippen LogP contribution in [0, 0.1) is 41.4 Å².